The molecule has 0 atom stereocenters. The van der Waals surface area contributed by atoms with E-state index in [-0.39, 0.29) is 11.8 Å². The number of halogens is 1. The molecular formula is C13H14ClN3O2S. The quantitative estimate of drug-likeness (QED) is 0.833. The Hall–Kier alpha value is -1.66. The largest absolute Gasteiger partial charge is 0.493 e. The van der Waals surface area contributed by atoms with Gasteiger partial charge in [0.05, 0.1) is 6.61 Å². The zero-order valence-corrected chi connectivity index (χ0v) is 12.5. The number of nitrogens with one attached hydrogen (secondary N) is 1. The van der Waals surface area contributed by atoms with Crippen molar-refractivity contribution in [1.29, 1.82) is 0 Å². The monoisotopic (exact) mass is 311 g/mol. The van der Waals surface area contributed by atoms with Crippen LogP contribution >= 0.6 is 22.9 Å². The van der Waals surface area contributed by atoms with Crippen LogP contribution in [0.4, 0.5) is 5.13 Å². The molecule has 1 amide bonds. The molecule has 7 heteroatoms. The fourth-order valence-corrected chi connectivity index (χ4v) is 2.32. The van der Waals surface area contributed by atoms with Crippen LogP contribution in [0, 0.1) is 6.92 Å². The van der Waals surface area contributed by atoms with Gasteiger partial charge < -0.3 is 4.74 Å². The van der Waals surface area contributed by atoms with Crippen molar-refractivity contribution < 1.29 is 9.53 Å². The maximum absolute atomic E-state index is 11.1. The molecule has 5 nitrogen and oxygen atoms in total. The van der Waals surface area contributed by atoms with Gasteiger partial charge in [-0.15, -0.1) is 21.8 Å². The van der Waals surface area contributed by atoms with Crippen LogP contribution in [0.25, 0.3) is 0 Å². The van der Waals surface area contributed by atoms with Crippen LogP contribution in [-0.4, -0.2) is 28.6 Å². The molecule has 0 radical (unpaired) electrons. The van der Waals surface area contributed by atoms with Crippen LogP contribution in [0.15, 0.2) is 24.3 Å². The summed E-state index contributed by atoms with van der Waals surface area (Å²) >= 11 is 6.72. The Kier molecular flexibility index (Phi) is 5.31. The first kappa shape index (κ1) is 14.7. The van der Waals surface area contributed by atoms with Gasteiger partial charge in [0.1, 0.15) is 16.6 Å². The van der Waals surface area contributed by atoms with Gasteiger partial charge in [-0.2, -0.15) is 0 Å². The maximum atomic E-state index is 11.1. The minimum atomic E-state index is -0.287. The van der Waals surface area contributed by atoms with Gasteiger partial charge in [-0.25, -0.2) is 0 Å². The second-order valence-electron chi connectivity index (χ2n) is 4.10. The topological polar surface area (TPSA) is 64.1 Å². The lowest BCUT2D eigenvalue weighted by atomic mass is 10.2. The average molecular weight is 312 g/mol. The molecule has 20 heavy (non-hydrogen) atoms. The Labute approximate surface area is 125 Å². The first-order valence-electron chi connectivity index (χ1n) is 6.05. The summed E-state index contributed by atoms with van der Waals surface area (Å²) in [6.45, 7) is 2.53. The zero-order valence-electron chi connectivity index (χ0n) is 10.9. The third-order valence-electron chi connectivity index (χ3n) is 2.41. The molecule has 0 aliphatic heterocycles. The number of aryl methyl sites for hydroxylation is 1. The van der Waals surface area contributed by atoms with Crippen LogP contribution in [0.3, 0.4) is 0 Å². The second-order valence-corrected chi connectivity index (χ2v) is 5.43. The number of carbonyl (C=O) groups is 1. The van der Waals surface area contributed by atoms with E-state index in [0.29, 0.717) is 18.2 Å². The third-order valence-corrected chi connectivity index (χ3v) is 3.55. The first-order chi connectivity index (χ1) is 9.67. The highest BCUT2D eigenvalue weighted by Crippen LogP contribution is 2.17. The highest BCUT2D eigenvalue weighted by Gasteiger charge is 2.07. The number of aromatic nitrogens is 2. The number of nitrogens with zero attached hydrogens (tertiary/aromatic N) is 2. The molecule has 0 fully saturated rings. The van der Waals surface area contributed by atoms with Crippen molar-refractivity contribution in [3.05, 3.63) is 34.8 Å². The lowest BCUT2D eigenvalue weighted by Gasteiger charge is -2.04. The summed E-state index contributed by atoms with van der Waals surface area (Å²) in [4.78, 5) is 11.1. The molecule has 0 aliphatic rings. The van der Waals surface area contributed by atoms with E-state index in [4.69, 9.17) is 16.3 Å². The molecule has 2 rings (SSSR count). The molecule has 106 valence electrons. The summed E-state index contributed by atoms with van der Waals surface area (Å²) in [5.74, 6) is 0.460. The van der Waals surface area contributed by atoms with Crippen molar-refractivity contribution in [2.24, 2.45) is 0 Å². The SMILES string of the molecule is Cc1cccc(OCCc2nnc(NC(=O)CCl)s2)c1. The van der Waals surface area contributed by atoms with Gasteiger partial charge in [-0.05, 0) is 24.6 Å². The van der Waals surface area contributed by atoms with Crippen LogP contribution < -0.4 is 10.1 Å². The number of rotatable bonds is 6. The third kappa shape index (κ3) is 4.47. The van der Waals surface area contributed by atoms with Gasteiger partial charge in [-0.1, -0.05) is 23.5 Å². The number of hydrogen-bond acceptors (Lipinski definition) is 5. The molecule has 1 heterocycles. The van der Waals surface area contributed by atoms with E-state index in [1.807, 2.05) is 31.2 Å². The van der Waals surface area contributed by atoms with E-state index in [9.17, 15) is 4.79 Å². The predicted molar refractivity (Wildman–Crippen MR) is 79.6 cm³/mol. The zero-order chi connectivity index (χ0) is 14.4. The minimum absolute atomic E-state index is 0.0919. The van der Waals surface area contributed by atoms with E-state index in [1.54, 1.807) is 0 Å². The van der Waals surface area contributed by atoms with Crippen LogP contribution in [0.2, 0.25) is 0 Å². The smallest absolute Gasteiger partial charge is 0.241 e. The Morgan fingerprint density at radius 1 is 1.45 bits per heavy atom. The number of benzene rings is 1. The molecule has 1 aromatic heterocycles. The van der Waals surface area contributed by atoms with E-state index in [1.165, 1.54) is 11.3 Å². The van der Waals surface area contributed by atoms with Gasteiger partial charge in [0.25, 0.3) is 0 Å². The first-order valence-corrected chi connectivity index (χ1v) is 7.40. The Bertz CT molecular complexity index is 589. The summed E-state index contributed by atoms with van der Waals surface area (Å²) in [5.41, 5.74) is 1.16. The minimum Gasteiger partial charge on any atom is -0.493 e. The standard InChI is InChI=1S/C13H14ClN3O2S/c1-9-3-2-4-10(7-9)19-6-5-12-16-17-13(20-12)15-11(18)8-14/h2-4,7H,5-6,8H2,1H3,(H,15,17,18). The van der Waals surface area contributed by atoms with Crippen molar-refractivity contribution >= 4 is 34.0 Å². The Balaban J connectivity index is 1.81. The van der Waals surface area contributed by atoms with Crippen molar-refractivity contribution in [1.82, 2.24) is 10.2 Å². The number of hydrogen-bond donors (Lipinski definition) is 1. The molecule has 0 unspecified atom stereocenters. The number of anilines is 1. The fourth-order valence-electron chi connectivity index (χ4n) is 1.52. The second kappa shape index (κ2) is 7.21. The highest BCUT2D eigenvalue weighted by atomic mass is 35.5. The van der Waals surface area contributed by atoms with Crippen molar-refractivity contribution in [3.63, 3.8) is 0 Å². The molecule has 0 saturated carbocycles. The number of amides is 1. The van der Waals surface area contributed by atoms with E-state index in [0.717, 1.165) is 16.3 Å². The number of carbonyl (C=O) groups excluding carboxylic acids is 1. The summed E-state index contributed by atoms with van der Waals surface area (Å²) < 4.78 is 5.63. The maximum Gasteiger partial charge on any atom is 0.241 e. The highest BCUT2D eigenvalue weighted by molar-refractivity contribution is 7.15. The number of ether oxygens (including phenoxy) is 1. The fraction of sp³-hybridized carbons (Fsp3) is 0.308. The van der Waals surface area contributed by atoms with E-state index >= 15 is 0 Å². The summed E-state index contributed by atoms with van der Waals surface area (Å²) in [6.07, 6.45) is 0.641. The van der Waals surface area contributed by atoms with Crippen molar-refractivity contribution in [2.75, 3.05) is 17.8 Å². The van der Waals surface area contributed by atoms with E-state index < -0.39 is 0 Å². The Morgan fingerprint density at radius 3 is 3.05 bits per heavy atom. The molecule has 1 aromatic carbocycles. The van der Waals surface area contributed by atoms with Gasteiger partial charge in [0.2, 0.25) is 11.0 Å². The normalized spacial score (nSPS) is 10.3. The van der Waals surface area contributed by atoms with Crippen molar-refractivity contribution in [2.45, 2.75) is 13.3 Å². The van der Waals surface area contributed by atoms with E-state index in [2.05, 4.69) is 15.5 Å². The summed E-state index contributed by atoms with van der Waals surface area (Å²) in [6, 6.07) is 7.87. The molecular weight excluding hydrogens is 298 g/mol. The molecule has 1 N–H and O–H groups in total. The van der Waals surface area contributed by atoms with Crippen LogP contribution in [-0.2, 0) is 11.2 Å². The lowest BCUT2D eigenvalue weighted by Crippen LogP contribution is -2.12. The number of alkyl halides is 1. The molecule has 2 aromatic rings. The average Bonchev–Trinajstić information content (AvgIpc) is 2.86. The molecule has 0 saturated heterocycles. The Morgan fingerprint density at radius 2 is 2.30 bits per heavy atom. The van der Waals surface area contributed by atoms with Crippen molar-refractivity contribution in [3.8, 4) is 5.75 Å². The van der Waals surface area contributed by atoms with Gasteiger partial charge in [-0.3, -0.25) is 10.1 Å². The lowest BCUT2D eigenvalue weighted by molar-refractivity contribution is -0.113. The van der Waals surface area contributed by atoms with Gasteiger partial charge in [0, 0.05) is 6.42 Å². The van der Waals surface area contributed by atoms with Crippen LogP contribution in [0.5, 0.6) is 5.75 Å². The van der Waals surface area contributed by atoms with Crippen LogP contribution in [0.1, 0.15) is 10.6 Å². The molecule has 0 bridgehead atoms. The van der Waals surface area contributed by atoms with Gasteiger partial charge >= 0.3 is 0 Å². The predicted octanol–water partition coefficient (Wildman–Crippen LogP) is 2.65. The van der Waals surface area contributed by atoms with Gasteiger partial charge in [0.15, 0.2) is 0 Å². The summed E-state index contributed by atoms with van der Waals surface area (Å²) in [5, 5.41) is 11.7. The molecule has 0 spiro atoms. The molecule has 0 aliphatic carbocycles. The summed E-state index contributed by atoms with van der Waals surface area (Å²) in [7, 11) is 0.